The molecule has 0 heterocycles. The van der Waals surface area contributed by atoms with Gasteiger partial charge in [0, 0.05) is 0 Å². The highest BCUT2D eigenvalue weighted by atomic mass is 32.2. The van der Waals surface area contributed by atoms with Gasteiger partial charge >= 0.3 is 0 Å². The first kappa shape index (κ1) is 13.6. The van der Waals surface area contributed by atoms with Crippen molar-refractivity contribution in [2.24, 2.45) is 0 Å². The smallest absolute Gasteiger partial charge is 0.186 e. The molecule has 0 spiro atoms. The summed E-state index contributed by atoms with van der Waals surface area (Å²) in [4.78, 5) is -0.505. The maximum Gasteiger partial charge on any atom is 0.186 e. The zero-order valence-electron chi connectivity index (χ0n) is 7.95. The van der Waals surface area contributed by atoms with Gasteiger partial charge in [0.05, 0.1) is 14.7 Å². The van der Waals surface area contributed by atoms with E-state index >= 15 is 0 Å². The highest BCUT2D eigenvalue weighted by Gasteiger charge is 2.16. The molecule has 0 saturated heterocycles. The summed E-state index contributed by atoms with van der Waals surface area (Å²) in [5, 5.41) is 0. The minimum Gasteiger partial charge on any atom is -0.302 e. The van der Waals surface area contributed by atoms with E-state index in [9.17, 15) is 12.6 Å². The summed E-state index contributed by atoms with van der Waals surface area (Å²) in [6.07, 6.45) is 0. The molecule has 0 aromatic heterocycles. The average molecular weight is 284 g/mol. The Morgan fingerprint density at radius 1 is 0.875 bits per heavy atom. The van der Waals surface area contributed by atoms with Crippen LogP contribution in [0.15, 0.2) is 26.8 Å². The van der Waals surface area contributed by atoms with Crippen molar-refractivity contribution < 1.29 is 26.3 Å². The van der Waals surface area contributed by atoms with Crippen LogP contribution in [0, 0.1) is 6.92 Å². The number of benzene rings is 1. The highest BCUT2D eigenvalue weighted by Crippen LogP contribution is 2.23. The first-order chi connectivity index (χ1) is 7.34. The molecule has 0 aliphatic carbocycles. The lowest BCUT2D eigenvalue weighted by Crippen LogP contribution is -2.02. The Bertz CT molecular complexity index is 462. The van der Waals surface area contributed by atoms with Gasteiger partial charge in [-0.2, -0.15) is 0 Å². The molecule has 0 bridgehead atoms. The number of rotatable bonds is 3. The minimum atomic E-state index is -2.39. The summed E-state index contributed by atoms with van der Waals surface area (Å²) >= 11 is -7.15. The Labute approximate surface area is 98.9 Å². The molecule has 3 N–H and O–H groups in total. The second-order valence-electron chi connectivity index (χ2n) is 2.79. The molecule has 9 heteroatoms. The molecule has 6 nitrogen and oxygen atoms in total. The van der Waals surface area contributed by atoms with E-state index in [-0.39, 0.29) is 20.2 Å². The second kappa shape index (κ2) is 5.25. The molecule has 1 aromatic carbocycles. The van der Waals surface area contributed by atoms with Crippen molar-refractivity contribution >= 4 is 33.2 Å². The van der Waals surface area contributed by atoms with Gasteiger partial charge in [0.2, 0.25) is 0 Å². The lowest BCUT2D eigenvalue weighted by atomic mass is 10.2. The largest absolute Gasteiger partial charge is 0.302 e. The minimum absolute atomic E-state index is 0.149. The summed E-state index contributed by atoms with van der Waals surface area (Å²) < 4.78 is 59.3. The molecule has 16 heavy (non-hydrogen) atoms. The van der Waals surface area contributed by atoms with Crippen molar-refractivity contribution in [2.75, 3.05) is 0 Å². The van der Waals surface area contributed by atoms with E-state index in [2.05, 4.69) is 0 Å². The zero-order valence-corrected chi connectivity index (χ0v) is 10.4. The summed E-state index contributed by atoms with van der Waals surface area (Å²) in [5.41, 5.74) is 0.149. The predicted molar refractivity (Wildman–Crippen MR) is 58.3 cm³/mol. The maximum absolute atomic E-state index is 10.9. The van der Waals surface area contributed by atoms with Gasteiger partial charge in [0.1, 0.15) is 0 Å². The fourth-order valence-electron chi connectivity index (χ4n) is 1.10. The van der Waals surface area contributed by atoms with Crippen molar-refractivity contribution in [3.8, 4) is 0 Å². The predicted octanol–water partition coefficient (Wildman–Crippen LogP) is 0.737. The molecule has 1 rings (SSSR count). The molecule has 3 unspecified atom stereocenters. The van der Waals surface area contributed by atoms with E-state index in [4.69, 9.17) is 13.7 Å². The molecule has 0 saturated carbocycles. The molecular weight excluding hydrogens is 276 g/mol. The van der Waals surface area contributed by atoms with Crippen LogP contribution in [0.25, 0.3) is 0 Å². The Hall–Kier alpha value is -0.450. The maximum atomic E-state index is 10.9. The molecule has 90 valence electrons. The SMILES string of the molecule is Cc1c(S(=O)O)cc(S(=O)O)cc1S(=O)O. The molecule has 0 fully saturated rings. The fourth-order valence-corrected chi connectivity index (χ4v) is 2.95. The van der Waals surface area contributed by atoms with Gasteiger partial charge in [0.15, 0.2) is 33.2 Å². The van der Waals surface area contributed by atoms with Crippen molar-refractivity contribution in [2.45, 2.75) is 21.6 Å². The van der Waals surface area contributed by atoms with Crippen LogP contribution in [-0.4, -0.2) is 26.3 Å². The van der Waals surface area contributed by atoms with Gasteiger partial charge in [-0.3, -0.25) is 0 Å². The van der Waals surface area contributed by atoms with Gasteiger partial charge in [-0.25, -0.2) is 12.6 Å². The van der Waals surface area contributed by atoms with Gasteiger partial charge in [-0.1, -0.05) is 0 Å². The normalized spacial score (nSPS) is 16.8. The van der Waals surface area contributed by atoms with Crippen molar-refractivity contribution in [3.05, 3.63) is 17.7 Å². The Balaban J connectivity index is 3.57. The first-order valence-corrected chi connectivity index (χ1v) is 7.13. The summed E-state index contributed by atoms with van der Waals surface area (Å²) in [7, 11) is 0. The van der Waals surface area contributed by atoms with Crippen molar-refractivity contribution in [1.82, 2.24) is 0 Å². The zero-order chi connectivity index (χ0) is 12.5. The second-order valence-corrected chi connectivity index (χ2v) is 5.64. The van der Waals surface area contributed by atoms with E-state index in [1.807, 2.05) is 0 Å². The molecule has 0 aliphatic rings. The molecule has 0 radical (unpaired) electrons. The Morgan fingerprint density at radius 2 is 1.25 bits per heavy atom. The molecular formula is C7H8O6S3. The third kappa shape index (κ3) is 2.81. The van der Waals surface area contributed by atoms with E-state index in [0.29, 0.717) is 0 Å². The standard InChI is InChI=1S/C7H8O6S3/c1-4-6(15(10)11)2-5(14(8)9)3-7(4)16(12)13/h2-3H,1H3,(H,8,9)(H,10,11)(H,12,13). The van der Waals surface area contributed by atoms with Gasteiger partial charge in [0.25, 0.3) is 0 Å². The van der Waals surface area contributed by atoms with Crippen LogP contribution < -0.4 is 0 Å². The average Bonchev–Trinajstić information content (AvgIpc) is 2.16. The molecule has 0 amide bonds. The summed E-state index contributed by atoms with van der Waals surface area (Å²) in [6, 6.07) is 2.11. The summed E-state index contributed by atoms with van der Waals surface area (Å²) in [6.45, 7) is 1.39. The third-order valence-electron chi connectivity index (χ3n) is 1.86. The quantitative estimate of drug-likeness (QED) is 0.706. The van der Waals surface area contributed by atoms with Crippen molar-refractivity contribution in [3.63, 3.8) is 0 Å². The first-order valence-electron chi connectivity index (χ1n) is 3.81. The topological polar surface area (TPSA) is 112 Å². The van der Waals surface area contributed by atoms with Crippen LogP contribution in [0.3, 0.4) is 0 Å². The van der Waals surface area contributed by atoms with Crippen LogP contribution in [0.4, 0.5) is 0 Å². The third-order valence-corrected chi connectivity index (χ3v) is 4.10. The monoisotopic (exact) mass is 284 g/mol. The molecule has 1 aromatic rings. The van der Waals surface area contributed by atoms with Crippen LogP contribution in [0.1, 0.15) is 5.56 Å². The van der Waals surface area contributed by atoms with Gasteiger partial charge in [-0.15, -0.1) is 0 Å². The lowest BCUT2D eigenvalue weighted by Gasteiger charge is -2.07. The van der Waals surface area contributed by atoms with Crippen LogP contribution in [0.5, 0.6) is 0 Å². The Kier molecular flexibility index (Phi) is 4.47. The van der Waals surface area contributed by atoms with Gasteiger partial charge < -0.3 is 13.7 Å². The van der Waals surface area contributed by atoms with E-state index < -0.39 is 33.2 Å². The van der Waals surface area contributed by atoms with Crippen LogP contribution >= 0.6 is 0 Å². The van der Waals surface area contributed by atoms with Crippen molar-refractivity contribution in [1.29, 1.82) is 0 Å². The number of hydrogen-bond acceptors (Lipinski definition) is 3. The van der Waals surface area contributed by atoms with E-state index in [1.54, 1.807) is 0 Å². The van der Waals surface area contributed by atoms with E-state index in [0.717, 1.165) is 12.1 Å². The summed E-state index contributed by atoms with van der Waals surface area (Å²) in [5.74, 6) is 0. The molecule has 3 atom stereocenters. The van der Waals surface area contributed by atoms with Crippen LogP contribution in [0.2, 0.25) is 0 Å². The van der Waals surface area contributed by atoms with Crippen LogP contribution in [-0.2, 0) is 33.2 Å². The Morgan fingerprint density at radius 3 is 1.50 bits per heavy atom. The lowest BCUT2D eigenvalue weighted by molar-refractivity contribution is 0.557. The highest BCUT2D eigenvalue weighted by molar-refractivity contribution is 7.81. The van der Waals surface area contributed by atoms with Gasteiger partial charge in [-0.05, 0) is 24.6 Å². The fraction of sp³-hybridized carbons (Fsp3) is 0.143. The molecule has 0 aliphatic heterocycles. The van der Waals surface area contributed by atoms with E-state index in [1.165, 1.54) is 6.92 Å². The number of hydrogen-bond donors (Lipinski definition) is 3.